The quantitative estimate of drug-likeness (QED) is 0.686. The number of rotatable bonds is 3. The summed E-state index contributed by atoms with van der Waals surface area (Å²) in [6.45, 7) is 0. The van der Waals surface area contributed by atoms with Crippen LogP contribution in [0.15, 0.2) is 47.1 Å². The molecular formula is C15H8BrF3N4O. The average molecular weight is 397 g/mol. The van der Waals surface area contributed by atoms with Crippen LogP contribution in [0.1, 0.15) is 10.4 Å². The maximum atomic E-state index is 13.7. The number of carbonyl (C=O) groups excluding carboxylic acids is 1. The smallest absolute Gasteiger partial charge is 0.258 e. The number of anilines is 1. The highest BCUT2D eigenvalue weighted by atomic mass is 79.9. The van der Waals surface area contributed by atoms with Gasteiger partial charge in [0.25, 0.3) is 11.9 Å². The Morgan fingerprint density at radius 2 is 1.88 bits per heavy atom. The summed E-state index contributed by atoms with van der Waals surface area (Å²) in [6.07, 6.45) is 1.26. The van der Waals surface area contributed by atoms with Crippen LogP contribution in [0.5, 0.6) is 0 Å². The van der Waals surface area contributed by atoms with Gasteiger partial charge in [-0.25, -0.2) is 13.5 Å². The van der Waals surface area contributed by atoms with E-state index in [9.17, 15) is 18.0 Å². The van der Waals surface area contributed by atoms with E-state index in [2.05, 4.69) is 31.3 Å². The van der Waals surface area contributed by atoms with Gasteiger partial charge in [0.05, 0.1) is 5.56 Å². The van der Waals surface area contributed by atoms with Crippen molar-refractivity contribution in [2.75, 3.05) is 5.32 Å². The Morgan fingerprint density at radius 3 is 2.62 bits per heavy atom. The first-order valence-corrected chi connectivity index (χ1v) is 7.38. The van der Waals surface area contributed by atoms with Crippen LogP contribution in [0.2, 0.25) is 0 Å². The molecule has 0 bridgehead atoms. The Kier molecular flexibility index (Phi) is 4.34. The van der Waals surface area contributed by atoms with Crippen molar-refractivity contribution in [1.82, 2.24) is 14.8 Å². The fourth-order valence-electron chi connectivity index (χ4n) is 1.93. The molecule has 0 fully saturated rings. The topological polar surface area (TPSA) is 59.8 Å². The summed E-state index contributed by atoms with van der Waals surface area (Å²) in [4.78, 5) is 15.3. The lowest BCUT2D eigenvalue weighted by atomic mass is 10.2. The molecule has 0 saturated heterocycles. The van der Waals surface area contributed by atoms with Gasteiger partial charge in [-0.2, -0.15) is 9.37 Å². The van der Waals surface area contributed by atoms with Crippen molar-refractivity contribution in [3.05, 3.63) is 70.2 Å². The number of hydrogen-bond acceptors (Lipinski definition) is 3. The summed E-state index contributed by atoms with van der Waals surface area (Å²) in [6, 6.07) is 8.50. The van der Waals surface area contributed by atoms with Crippen molar-refractivity contribution in [2.45, 2.75) is 0 Å². The third kappa shape index (κ3) is 3.16. The first-order valence-electron chi connectivity index (χ1n) is 6.59. The molecule has 3 aromatic rings. The number of hydrogen-bond donors (Lipinski definition) is 1. The average Bonchev–Trinajstić information content (AvgIpc) is 2.99. The number of nitrogens with one attached hydrogen (secondary N) is 1. The summed E-state index contributed by atoms with van der Waals surface area (Å²) in [7, 11) is 0. The van der Waals surface area contributed by atoms with Crippen molar-refractivity contribution in [2.24, 2.45) is 0 Å². The number of pyridine rings is 1. The largest absolute Gasteiger partial charge is 0.305 e. The zero-order chi connectivity index (χ0) is 17.3. The zero-order valence-corrected chi connectivity index (χ0v) is 13.4. The van der Waals surface area contributed by atoms with Gasteiger partial charge in [-0.15, -0.1) is 5.10 Å². The Balaban J connectivity index is 1.85. The number of amides is 1. The van der Waals surface area contributed by atoms with Crippen LogP contribution in [0.3, 0.4) is 0 Å². The van der Waals surface area contributed by atoms with E-state index in [0.717, 1.165) is 4.68 Å². The Bertz CT molecular complexity index is 929. The van der Waals surface area contributed by atoms with E-state index in [4.69, 9.17) is 0 Å². The van der Waals surface area contributed by atoms with Crippen LogP contribution < -0.4 is 5.32 Å². The van der Waals surface area contributed by atoms with E-state index >= 15 is 0 Å². The van der Waals surface area contributed by atoms with Gasteiger partial charge in [0, 0.05) is 22.8 Å². The maximum Gasteiger partial charge on any atom is 0.258 e. The van der Waals surface area contributed by atoms with Gasteiger partial charge in [0.15, 0.2) is 23.3 Å². The Labute approximate surface area is 142 Å². The number of carbonyl (C=O) groups is 1. The molecule has 3 rings (SSSR count). The van der Waals surface area contributed by atoms with Gasteiger partial charge in [-0.05, 0) is 28.1 Å². The van der Waals surface area contributed by atoms with E-state index in [1.54, 1.807) is 24.3 Å². The van der Waals surface area contributed by atoms with Crippen molar-refractivity contribution in [1.29, 1.82) is 0 Å². The molecule has 0 aliphatic rings. The number of benzene rings is 1. The van der Waals surface area contributed by atoms with Crippen LogP contribution in [-0.4, -0.2) is 20.7 Å². The van der Waals surface area contributed by atoms with E-state index in [0.29, 0.717) is 16.1 Å². The molecule has 0 atom stereocenters. The summed E-state index contributed by atoms with van der Waals surface area (Å²) in [5.41, 5.74) is 0.379. The van der Waals surface area contributed by atoms with Gasteiger partial charge in [-0.3, -0.25) is 4.79 Å². The minimum absolute atomic E-state index is 0.0988. The van der Waals surface area contributed by atoms with E-state index < -0.39 is 29.3 Å². The molecule has 5 nitrogen and oxygen atoms in total. The first kappa shape index (κ1) is 16.2. The van der Waals surface area contributed by atoms with Gasteiger partial charge >= 0.3 is 0 Å². The van der Waals surface area contributed by atoms with Gasteiger partial charge in [-0.1, -0.05) is 12.1 Å². The molecule has 0 aliphatic heterocycles. The molecule has 0 spiro atoms. The Morgan fingerprint density at radius 1 is 1.12 bits per heavy atom. The second-order valence-electron chi connectivity index (χ2n) is 4.65. The number of nitrogens with zero attached hydrogens (tertiary/aromatic N) is 3. The normalized spacial score (nSPS) is 10.7. The minimum Gasteiger partial charge on any atom is -0.305 e. The lowest BCUT2D eigenvalue weighted by molar-refractivity contribution is 0.102. The van der Waals surface area contributed by atoms with Crippen LogP contribution in [0.4, 0.5) is 19.0 Å². The second kappa shape index (κ2) is 6.44. The van der Waals surface area contributed by atoms with E-state index in [1.165, 1.54) is 12.3 Å². The summed E-state index contributed by atoms with van der Waals surface area (Å²) < 4.78 is 41.2. The van der Waals surface area contributed by atoms with Crippen molar-refractivity contribution in [3.63, 3.8) is 0 Å². The fourth-order valence-corrected chi connectivity index (χ4v) is 2.40. The van der Waals surface area contributed by atoms with Crippen molar-refractivity contribution in [3.8, 4) is 5.82 Å². The zero-order valence-electron chi connectivity index (χ0n) is 11.8. The SMILES string of the molecule is O=C(Nc1ccn(-c2nc(F)c(F)cc2F)n1)c1ccccc1Br. The standard InChI is InChI=1S/C15H8BrF3N4O/c16-9-4-2-1-3-8(9)15(24)20-12-5-6-23(22-12)14-11(18)7-10(17)13(19)21-14/h1-7H,(H,20,22,24). The molecule has 1 amide bonds. The summed E-state index contributed by atoms with van der Waals surface area (Å²) >= 11 is 3.25. The Hall–Kier alpha value is -2.68. The van der Waals surface area contributed by atoms with Crippen LogP contribution >= 0.6 is 15.9 Å². The lowest BCUT2D eigenvalue weighted by Gasteiger charge is -2.05. The van der Waals surface area contributed by atoms with Crippen LogP contribution in [0.25, 0.3) is 5.82 Å². The fraction of sp³-hybridized carbons (Fsp3) is 0. The molecular weight excluding hydrogens is 389 g/mol. The number of aromatic nitrogens is 3. The molecule has 2 aromatic heterocycles. The van der Waals surface area contributed by atoms with Crippen molar-refractivity contribution < 1.29 is 18.0 Å². The predicted molar refractivity (Wildman–Crippen MR) is 83.3 cm³/mol. The molecule has 1 aromatic carbocycles. The molecule has 1 N–H and O–H groups in total. The van der Waals surface area contributed by atoms with Crippen LogP contribution in [-0.2, 0) is 0 Å². The third-order valence-corrected chi connectivity index (χ3v) is 3.73. The molecule has 0 saturated carbocycles. The third-order valence-electron chi connectivity index (χ3n) is 3.03. The molecule has 0 unspecified atom stereocenters. The lowest BCUT2D eigenvalue weighted by Crippen LogP contribution is -2.13. The molecule has 9 heteroatoms. The van der Waals surface area contributed by atoms with Gasteiger partial charge < -0.3 is 5.32 Å². The van der Waals surface area contributed by atoms with Gasteiger partial charge in [0.1, 0.15) is 0 Å². The van der Waals surface area contributed by atoms with E-state index in [1.807, 2.05) is 0 Å². The second-order valence-corrected chi connectivity index (χ2v) is 5.50. The highest BCUT2D eigenvalue weighted by Gasteiger charge is 2.16. The summed E-state index contributed by atoms with van der Waals surface area (Å²) in [5.74, 6) is -4.78. The summed E-state index contributed by atoms with van der Waals surface area (Å²) in [5, 5.41) is 6.40. The monoisotopic (exact) mass is 396 g/mol. The van der Waals surface area contributed by atoms with Crippen LogP contribution in [0, 0.1) is 17.6 Å². The van der Waals surface area contributed by atoms with E-state index in [-0.39, 0.29) is 5.82 Å². The molecule has 0 aliphatic carbocycles. The number of halogens is 4. The van der Waals surface area contributed by atoms with Crippen molar-refractivity contribution >= 4 is 27.7 Å². The molecule has 0 radical (unpaired) electrons. The highest BCUT2D eigenvalue weighted by Crippen LogP contribution is 2.18. The van der Waals surface area contributed by atoms with Gasteiger partial charge in [0.2, 0.25) is 0 Å². The predicted octanol–water partition coefficient (Wildman–Crippen LogP) is 3.70. The minimum atomic E-state index is -1.44. The molecule has 24 heavy (non-hydrogen) atoms. The first-order chi connectivity index (χ1) is 11.5. The molecule has 2 heterocycles. The molecule has 122 valence electrons. The highest BCUT2D eigenvalue weighted by molar-refractivity contribution is 9.10. The maximum absolute atomic E-state index is 13.7.